The molecule has 2 rings (SSSR count). The zero-order valence-corrected chi connectivity index (χ0v) is 11.5. The number of aliphatic hydroxyl groups is 1. The number of carbonyl (C=O) groups is 1. The molecule has 1 heterocycles. The third-order valence-electron chi connectivity index (χ3n) is 3.30. The number of hydrogen-bond donors (Lipinski definition) is 1. The van der Waals surface area contributed by atoms with Crippen LogP contribution in [-0.4, -0.2) is 54.4 Å². The largest absolute Gasteiger partial charge is 0.434 e. The number of amides is 1. The van der Waals surface area contributed by atoms with Crippen molar-refractivity contribution in [2.75, 3.05) is 19.8 Å². The van der Waals surface area contributed by atoms with Crippen LogP contribution < -0.4 is 4.74 Å². The van der Waals surface area contributed by atoms with Crippen LogP contribution in [0.3, 0.4) is 0 Å². The molecule has 116 valence electrons. The van der Waals surface area contributed by atoms with Crippen LogP contribution >= 0.6 is 0 Å². The summed E-state index contributed by atoms with van der Waals surface area (Å²) in [6.07, 6.45) is -0.465. The van der Waals surface area contributed by atoms with E-state index in [1.54, 1.807) is 13.0 Å². The van der Waals surface area contributed by atoms with Crippen LogP contribution in [0, 0.1) is 0 Å². The molecule has 0 aromatic heterocycles. The summed E-state index contributed by atoms with van der Waals surface area (Å²) in [4.78, 5) is 14.0. The molecular formula is C14H17F2NO4. The van der Waals surface area contributed by atoms with E-state index in [0.717, 1.165) is 0 Å². The lowest BCUT2D eigenvalue weighted by Crippen LogP contribution is -2.52. The van der Waals surface area contributed by atoms with Crippen molar-refractivity contribution in [1.82, 2.24) is 4.90 Å². The van der Waals surface area contributed by atoms with Gasteiger partial charge in [-0.05, 0) is 19.1 Å². The number of morpholine rings is 1. The number of halogens is 2. The maximum atomic E-state index is 12.5. The predicted octanol–water partition coefficient (Wildman–Crippen LogP) is 1.51. The van der Waals surface area contributed by atoms with Crippen molar-refractivity contribution in [1.29, 1.82) is 0 Å². The summed E-state index contributed by atoms with van der Waals surface area (Å²) < 4.78 is 34.5. The van der Waals surface area contributed by atoms with Gasteiger partial charge in [-0.2, -0.15) is 8.78 Å². The second-order valence-electron chi connectivity index (χ2n) is 4.82. The molecule has 0 aliphatic carbocycles. The van der Waals surface area contributed by atoms with Crippen molar-refractivity contribution in [2.45, 2.75) is 25.7 Å². The van der Waals surface area contributed by atoms with E-state index in [4.69, 9.17) is 9.84 Å². The fourth-order valence-electron chi connectivity index (χ4n) is 2.21. The number of rotatable bonds is 4. The zero-order valence-electron chi connectivity index (χ0n) is 11.5. The Balaban J connectivity index is 2.22. The smallest absolute Gasteiger partial charge is 0.387 e. The molecule has 2 atom stereocenters. The Morgan fingerprint density at radius 1 is 1.52 bits per heavy atom. The zero-order chi connectivity index (χ0) is 15.4. The van der Waals surface area contributed by atoms with Crippen molar-refractivity contribution >= 4 is 5.91 Å². The number of benzene rings is 1. The Morgan fingerprint density at radius 2 is 2.24 bits per heavy atom. The summed E-state index contributed by atoms with van der Waals surface area (Å²) in [5, 5.41) is 9.13. The van der Waals surface area contributed by atoms with Gasteiger partial charge < -0.3 is 19.5 Å². The third-order valence-corrected chi connectivity index (χ3v) is 3.30. The van der Waals surface area contributed by atoms with E-state index in [9.17, 15) is 13.6 Å². The minimum absolute atomic E-state index is 0.0724. The molecule has 1 saturated heterocycles. The Labute approximate surface area is 121 Å². The molecule has 0 saturated carbocycles. The van der Waals surface area contributed by atoms with E-state index in [1.807, 2.05) is 0 Å². The van der Waals surface area contributed by atoms with Gasteiger partial charge in [0.25, 0.3) is 5.91 Å². The SMILES string of the molecule is CC1COC(CO)CN1C(=O)c1ccccc1OC(F)F. The number of ether oxygens (including phenoxy) is 2. The second-order valence-corrected chi connectivity index (χ2v) is 4.82. The highest BCUT2D eigenvalue weighted by molar-refractivity contribution is 5.97. The summed E-state index contributed by atoms with van der Waals surface area (Å²) in [6, 6.07) is 5.66. The van der Waals surface area contributed by atoms with Gasteiger partial charge in [-0.1, -0.05) is 12.1 Å². The van der Waals surface area contributed by atoms with Crippen LogP contribution in [0.15, 0.2) is 24.3 Å². The summed E-state index contributed by atoms with van der Waals surface area (Å²) >= 11 is 0. The standard InChI is InChI=1S/C14H17F2NO4/c1-9-8-20-10(7-18)6-17(9)13(19)11-4-2-3-5-12(11)21-14(15)16/h2-5,9-10,14,18H,6-8H2,1H3. The topological polar surface area (TPSA) is 59.0 Å². The maximum Gasteiger partial charge on any atom is 0.387 e. The van der Waals surface area contributed by atoms with Crippen molar-refractivity contribution in [3.63, 3.8) is 0 Å². The van der Waals surface area contributed by atoms with Gasteiger partial charge in [0.2, 0.25) is 0 Å². The normalized spacial score (nSPS) is 22.4. The second kappa shape index (κ2) is 6.82. The molecule has 1 aliphatic heterocycles. The Kier molecular flexibility index (Phi) is 5.08. The van der Waals surface area contributed by atoms with Crippen molar-refractivity contribution < 1.29 is 28.2 Å². The number of hydrogen-bond acceptors (Lipinski definition) is 4. The van der Waals surface area contributed by atoms with Crippen molar-refractivity contribution in [3.05, 3.63) is 29.8 Å². The monoisotopic (exact) mass is 301 g/mol. The average molecular weight is 301 g/mol. The van der Waals surface area contributed by atoms with Gasteiger partial charge in [-0.25, -0.2) is 0 Å². The van der Waals surface area contributed by atoms with Gasteiger partial charge in [-0.3, -0.25) is 4.79 Å². The maximum absolute atomic E-state index is 12.5. The molecule has 5 nitrogen and oxygen atoms in total. The van der Waals surface area contributed by atoms with Crippen molar-refractivity contribution in [3.8, 4) is 5.75 Å². The number of aliphatic hydroxyl groups excluding tert-OH is 1. The third kappa shape index (κ3) is 3.68. The molecule has 2 unspecified atom stereocenters. The van der Waals surface area contributed by atoms with Gasteiger partial charge >= 0.3 is 6.61 Å². The van der Waals surface area contributed by atoms with E-state index >= 15 is 0 Å². The lowest BCUT2D eigenvalue weighted by Gasteiger charge is -2.37. The number of carbonyl (C=O) groups excluding carboxylic acids is 1. The van der Waals surface area contributed by atoms with Crippen molar-refractivity contribution in [2.24, 2.45) is 0 Å². The number of nitrogens with zero attached hydrogens (tertiary/aromatic N) is 1. The highest BCUT2D eigenvalue weighted by atomic mass is 19.3. The van der Waals surface area contributed by atoms with Crippen LogP contribution in [0.4, 0.5) is 8.78 Å². The average Bonchev–Trinajstić information content (AvgIpc) is 2.47. The Bertz CT molecular complexity index is 498. The first-order chi connectivity index (χ1) is 10.0. The number of para-hydroxylation sites is 1. The van der Waals surface area contributed by atoms with E-state index < -0.39 is 18.6 Å². The van der Waals surface area contributed by atoms with Gasteiger partial charge in [-0.15, -0.1) is 0 Å². The molecule has 7 heteroatoms. The highest BCUT2D eigenvalue weighted by Crippen LogP contribution is 2.24. The lowest BCUT2D eigenvalue weighted by atomic mass is 10.1. The molecule has 1 N–H and O–H groups in total. The van der Waals surface area contributed by atoms with E-state index in [-0.39, 0.29) is 37.1 Å². The molecule has 1 aromatic carbocycles. The predicted molar refractivity (Wildman–Crippen MR) is 70.4 cm³/mol. The van der Waals surface area contributed by atoms with E-state index in [0.29, 0.717) is 0 Å². The van der Waals surface area contributed by atoms with E-state index in [2.05, 4.69) is 4.74 Å². The van der Waals surface area contributed by atoms with Crippen LogP contribution in [0.1, 0.15) is 17.3 Å². The van der Waals surface area contributed by atoms with Crippen LogP contribution in [-0.2, 0) is 4.74 Å². The quantitative estimate of drug-likeness (QED) is 0.916. The summed E-state index contributed by atoms with van der Waals surface area (Å²) in [5.41, 5.74) is 0.0724. The minimum Gasteiger partial charge on any atom is -0.434 e. The van der Waals surface area contributed by atoms with E-state index in [1.165, 1.54) is 23.1 Å². The van der Waals surface area contributed by atoms with Gasteiger partial charge in [0.15, 0.2) is 0 Å². The summed E-state index contributed by atoms with van der Waals surface area (Å²) in [5.74, 6) is -0.572. The van der Waals surface area contributed by atoms with Crippen LogP contribution in [0.2, 0.25) is 0 Å². The fourth-order valence-corrected chi connectivity index (χ4v) is 2.21. The minimum atomic E-state index is -2.99. The summed E-state index contributed by atoms with van der Waals surface area (Å²) in [6.45, 7) is -0.909. The van der Waals surface area contributed by atoms with Gasteiger partial charge in [0.05, 0.1) is 30.9 Å². The molecule has 1 aromatic rings. The molecule has 0 spiro atoms. The number of alkyl halides is 2. The molecule has 1 amide bonds. The first-order valence-electron chi connectivity index (χ1n) is 6.60. The fraction of sp³-hybridized carbons (Fsp3) is 0.500. The lowest BCUT2D eigenvalue weighted by molar-refractivity contribution is -0.0675. The van der Waals surface area contributed by atoms with Crippen LogP contribution in [0.25, 0.3) is 0 Å². The Hall–Kier alpha value is -1.73. The molecule has 0 bridgehead atoms. The first-order valence-corrected chi connectivity index (χ1v) is 6.60. The molecule has 1 aliphatic rings. The highest BCUT2D eigenvalue weighted by Gasteiger charge is 2.31. The van der Waals surface area contributed by atoms with Gasteiger partial charge in [0.1, 0.15) is 5.75 Å². The molecule has 21 heavy (non-hydrogen) atoms. The molecule has 1 fully saturated rings. The van der Waals surface area contributed by atoms with Crippen LogP contribution in [0.5, 0.6) is 5.75 Å². The first kappa shape index (κ1) is 15.7. The summed E-state index contributed by atoms with van der Waals surface area (Å²) in [7, 11) is 0. The molecule has 0 radical (unpaired) electrons. The van der Waals surface area contributed by atoms with Gasteiger partial charge in [0, 0.05) is 6.54 Å². The molecular weight excluding hydrogens is 284 g/mol. The Morgan fingerprint density at radius 3 is 2.90 bits per heavy atom.